The van der Waals surface area contributed by atoms with E-state index in [0.717, 1.165) is 6.29 Å². The van der Waals surface area contributed by atoms with Crippen LogP contribution < -0.4 is 0 Å². The van der Waals surface area contributed by atoms with Crippen molar-refractivity contribution in [2.24, 2.45) is 0 Å². The SMILES string of the molecule is CCOC(=O)c1cc(CCC=O)cc(C(=O)O)c1. The third-order valence-electron chi connectivity index (χ3n) is 2.30. The van der Waals surface area contributed by atoms with Gasteiger partial charge in [-0.05, 0) is 37.1 Å². The smallest absolute Gasteiger partial charge is 0.338 e. The third-order valence-corrected chi connectivity index (χ3v) is 2.30. The maximum absolute atomic E-state index is 11.6. The van der Waals surface area contributed by atoms with Crippen molar-refractivity contribution in [3.8, 4) is 0 Å². The Morgan fingerprint density at radius 2 is 1.94 bits per heavy atom. The Hall–Kier alpha value is -2.17. The number of rotatable bonds is 6. The largest absolute Gasteiger partial charge is 0.478 e. The van der Waals surface area contributed by atoms with Crippen LogP contribution in [0.4, 0.5) is 0 Å². The zero-order valence-corrected chi connectivity index (χ0v) is 10.0. The molecule has 1 rings (SSSR count). The van der Waals surface area contributed by atoms with Crippen LogP contribution in [0.5, 0.6) is 0 Å². The summed E-state index contributed by atoms with van der Waals surface area (Å²) >= 11 is 0. The topological polar surface area (TPSA) is 80.7 Å². The minimum atomic E-state index is -1.12. The second-order valence-corrected chi connectivity index (χ2v) is 3.65. The van der Waals surface area contributed by atoms with E-state index in [9.17, 15) is 14.4 Å². The number of aldehydes is 1. The van der Waals surface area contributed by atoms with Crippen LogP contribution in [0.2, 0.25) is 0 Å². The van der Waals surface area contributed by atoms with Crippen LogP contribution in [-0.2, 0) is 16.0 Å². The number of hydrogen-bond acceptors (Lipinski definition) is 4. The predicted octanol–water partition coefficient (Wildman–Crippen LogP) is 1.69. The van der Waals surface area contributed by atoms with E-state index in [1.807, 2.05) is 0 Å². The molecule has 0 aliphatic carbocycles. The van der Waals surface area contributed by atoms with Crippen molar-refractivity contribution < 1.29 is 24.2 Å². The van der Waals surface area contributed by atoms with Crippen LogP contribution in [0.25, 0.3) is 0 Å². The van der Waals surface area contributed by atoms with E-state index in [0.29, 0.717) is 12.0 Å². The number of carbonyl (C=O) groups is 3. The average molecular weight is 250 g/mol. The van der Waals surface area contributed by atoms with Crippen molar-refractivity contribution in [1.82, 2.24) is 0 Å². The summed E-state index contributed by atoms with van der Waals surface area (Å²) in [6.45, 7) is 1.89. The van der Waals surface area contributed by atoms with Crippen molar-refractivity contribution in [2.45, 2.75) is 19.8 Å². The van der Waals surface area contributed by atoms with E-state index in [1.165, 1.54) is 12.1 Å². The molecule has 0 fully saturated rings. The fourth-order valence-corrected chi connectivity index (χ4v) is 1.52. The van der Waals surface area contributed by atoms with E-state index < -0.39 is 11.9 Å². The van der Waals surface area contributed by atoms with Crippen molar-refractivity contribution in [1.29, 1.82) is 0 Å². The van der Waals surface area contributed by atoms with Gasteiger partial charge in [-0.2, -0.15) is 0 Å². The van der Waals surface area contributed by atoms with Crippen molar-refractivity contribution >= 4 is 18.2 Å². The molecule has 5 heteroatoms. The van der Waals surface area contributed by atoms with Crippen LogP contribution in [0.3, 0.4) is 0 Å². The van der Waals surface area contributed by atoms with Gasteiger partial charge in [-0.1, -0.05) is 0 Å². The predicted molar refractivity (Wildman–Crippen MR) is 63.7 cm³/mol. The number of benzene rings is 1. The lowest BCUT2D eigenvalue weighted by Gasteiger charge is -2.06. The molecule has 0 atom stereocenters. The Balaban J connectivity index is 3.08. The van der Waals surface area contributed by atoms with Gasteiger partial charge in [0, 0.05) is 6.42 Å². The average Bonchev–Trinajstić information content (AvgIpc) is 2.36. The highest BCUT2D eigenvalue weighted by molar-refractivity contribution is 5.95. The first-order valence-corrected chi connectivity index (χ1v) is 5.56. The van der Waals surface area contributed by atoms with Crippen LogP contribution in [0.15, 0.2) is 18.2 Å². The molecular formula is C13H14O5. The molecule has 0 aliphatic rings. The van der Waals surface area contributed by atoms with Crippen LogP contribution in [0.1, 0.15) is 39.6 Å². The van der Waals surface area contributed by atoms with Crippen LogP contribution >= 0.6 is 0 Å². The van der Waals surface area contributed by atoms with Gasteiger partial charge in [0.1, 0.15) is 6.29 Å². The van der Waals surface area contributed by atoms with Gasteiger partial charge in [0.25, 0.3) is 0 Å². The summed E-state index contributed by atoms with van der Waals surface area (Å²) in [4.78, 5) is 32.8. The Labute approximate surface area is 104 Å². The number of carbonyl (C=O) groups excluding carboxylic acids is 2. The van der Waals surface area contributed by atoms with Gasteiger partial charge in [0.2, 0.25) is 0 Å². The molecular weight excluding hydrogens is 236 g/mol. The van der Waals surface area contributed by atoms with Crippen LogP contribution in [-0.4, -0.2) is 29.9 Å². The Morgan fingerprint density at radius 1 is 1.28 bits per heavy atom. The van der Waals surface area contributed by atoms with E-state index in [1.54, 1.807) is 13.0 Å². The highest BCUT2D eigenvalue weighted by Gasteiger charge is 2.12. The number of ether oxygens (including phenoxy) is 1. The van der Waals surface area contributed by atoms with E-state index in [4.69, 9.17) is 9.84 Å². The maximum atomic E-state index is 11.6. The minimum Gasteiger partial charge on any atom is -0.478 e. The maximum Gasteiger partial charge on any atom is 0.338 e. The Bertz CT molecular complexity index is 464. The molecule has 0 bridgehead atoms. The lowest BCUT2D eigenvalue weighted by atomic mass is 10.0. The number of aromatic carboxylic acids is 1. The first-order chi connectivity index (χ1) is 8.58. The van der Waals surface area contributed by atoms with Gasteiger partial charge in [-0.15, -0.1) is 0 Å². The molecule has 1 aromatic carbocycles. The molecule has 1 aromatic rings. The number of hydrogen-bond donors (Lipinski definition) is 1. The molecule has 0 heterocycles. The molecule has 0 saturated heterocycles. The fourth-order valence-electron chi connectivity index (χ4n) is 1.52. The van der Waals surface area contributed by atoms with Crippen molar-refractivity contribution in [3.63, 3.8) is 0 Å². The van der Waals surface area contributed by atoms with Gasteiger partial charge in [-0.3, -0.25) is 0 Å². The Morgan fingerprint density at radius 3 is 2.50 bits per heavy atom. The van der Waals surface area contributed by atoms with Crippen molar-refractivity contribution in [2.75, 3.05) is 6.61 Å². The number of carboxylic acids is 1. The zero-order chi connectivity index (χ0) is 13.5. The van der Waals surface area contributed by atoms with E-state index in [-0.39, 0.29) is 24.2 Å². The number of carboxylic acid groups (broad SMARTS) is 1. The molecule has 0 aliphatic heterocycles. The number of aryl methyl sites for hydroxylation is 1. The monoisotopic (exact) mass is 250 g/mol. The quantitative estimate of drug-likeness (QED) is 0.613. The highest BCUT2D eigenvalue weighted by Crippen LogP contribution is 2.13. The second-order valence-electron chi connectivity index (χ2n) is 3.65. The second kappa shape index (κ2) is 6.54. The highest BCUT2D eigenvalue weighted by atomic mass is 16.5. The van der Waals surface area contributed by atoms with Gasteiger partial charge in [0.15, 0.2) is 0 Å². The third kappa shape index (κ3) is 3.69. The van der Waals surface area contributed by atoms with E-state index in [2.05, 4.69) is 0 Å². The molecule has 96 valence electrons. The lowest BCUT2D eigenvalue weighted by molar-refractivity contribution is -0.107. The van der Waals surface area contributed by atoms with Gasteiger partial charge in [0.05, 0.1) is 17.7 Å². The van der Waals surface area contributed by atoms with Gasteiger partial charge in [-0.25, -0.2) is 9.59 Å². The normalized spacial score (nSPS) is 9.83. The first kappa shape index (κ1) is 13.9. The molecule has 18 heavy (non-hydrogen) atoms. The summed E-state index contributed by atoms with van der Waals surface area (Å²) in [7, 11) is 0. The molecule has 5 nitrogen and oxygen atoms in total. The summed E-state index contributed by atoms with van der Waals surface area (Å²) < 4.78 is 4.82. The molecule has 0 radical (unpaired) electrons. The summed E-state index contributed by atoms with van der Waals surface area (Å²) in [5, 5.41) is 8.95. The molecule has 0 spiro atoms. The van der Waals surface area contributed by atoms with Gasteiger partial charge >= 0.3 is 11.9 Å². The molecule has 1 N–H and O–H groups in total. The summed E-state index contributed by atoms with van der Waals surface area (Å²) in [6, 6.07) is 4.27. The standard InChI is InChI=1S/C13H14O5/c1-2-18-13(17)11-7-9(4-3-5-14)6-10(8-11)12(15)16/h5-8H,2-4H2,1H3,(H,15,16). The summed E-state index contributed by atoms with van der Waals surface area (Å²) in [5.41, 5.74) is 0.837. The zero-order valence-electron chi connectivity index (χ0n) is 10.0. The lowest BCUT2D eigenvalue weighted by Crippen LogP contribution is -2.08. The van der Waals surface area contributed by atoms with Crippen LogP contribution in [0, 0.1) is 0 Å². The number of esters is 1. The summed E-state index contributed by atoms with van der Waals surface area (Å²) in [5.74, 6) is -1.68. The van der Waals surface area contributed by atoms with E-state index >= 15 is 0 Å². The molecule has 0 saturated carbocycles. The molecule has 0 amide bonds. The fraction of sp³-hybridized carbons (Fsp3) is 0.308. The summed E-state index contributed by atoms with van der Waals surface area (Å²) in [6.07, 6.45) is 1.43. The molecule has 0 aromatic heterocycles. The van der Waals surface area contributed by atoms with Crippen molar-refractivity contribution in [3.05, 3.63) is 34.9 Å². The minimum absolute atomic E-state index is 0.0152. The van der Waals surface area contributed by atoms with Gasteiger partial charge < -0.3 is 14.6 Å². The molecule has 0 unspecified atom stereocenters. The first-order valence-electron chi connectivity index (χ1n) is 5.56. The Kier molecular flexibility index (Phi) is 5.05.